The second kappa shape index (κ2) is 3.23. The number of amides is 1. The van der Waals surface area contributed by atoms with Crippen molar-refractivity contribution in [3.63, 3.8) is 0 Å². The first kappa shape index (κ1) is 11.5. The van der Waals surface area contributed by atoms with Crippen LogP contribution in [0.5, 0.6) is 0 Å². The lowest BCUT2D eigenvalue weighted by Gasteiger charge is -2.61. The fraction of sp³-hybridized carbons (Fsp3) is 0.923. The van der Waals surface area contributed by atoms with Crippen molar-refractivity contribution in [2.45, 2.75) is 50.8 Å². The molecule has 0 bridgehead atoms. The number of nitrogens with two attached hydrogens (primary N) is 1. The van der Waals surface area contributed by atoms with E-state index in [4.69, 9.17) is 10.5 Å². The molecule has 1 aliphatic heterocycles. The summed E-state index contributed by atoms with van der Waals surface area (Å²) in [5, 5.41) is 0. The summed E-state index contributed by atoms with van der Waals surface area (Å²) < 4.78 is 5.72. The normalized spacial score (nSPS) is 42.8. The first-order valence-corrected chi connectivity index (χ1v) is 6.58. The summed E-state index contributed by atoms with van der Waals surface area (Å²) in [7, 11) is 1.90. The highest BCUT2D eigenvalue weighted by Gasteiger charge is 2.72. The van der Waals surface area contributed by atoms with Crippen LogP contribution in [0.15, 0.2) is 0 Å². The Bertz CT molecular complexity index is 364. The number of fused-ring (bicyclic) bond motifs is 1. The largest absolute Gasteiger partial charge is 0.377 e. The summed E-state index contributed by atoms with van der Waals surface area (Å²) in [5.74, 6) is 0.336. The minimum absolute atomic E-state index is 0.122. The Kier molecular flexibility index (Phi) is 2.18. The monoisotopic (exact) mass is 238 g/mol. The van der Waals surface area contributed by atoms with E-state index < -0.39 is 5.54 Å². The Balaban J connectivity index is 1.87. The van der Waals surface area contributed by atoms with Crippen LogP contribution < -0.4 is 5.73 Å². The fourth-order valence-corrected chi connectivity index (χ4v) is 3.74. The molecule has 3 unspecified atom stereocenters. The molecule has 0 radical (unpaired) electrons. The Morgan fingerprint density at radius 1 is 1.35 bits per heavy atom. The summed E-state index contributed by atoms with van der Waals surface area (Å²) >= 11 is 0. The van der Waals surface area contributed by atoms with Crippen LogP contribution in [-0.2, 0) is 9.53 Å². The Morgan fingerprint density at radius 2 is 2.00 bits per heavy atom. The molecule has 1 amide bonds. The van der Waals surface area contributed by atoms with Gasteiger partial charge in [0.1, 0.15) is 5.54 Å². The smallest absolute Gasteiger partial charge is 0.243 e. The molecule has 3 rings (SSSR count). The van der Waals surface area contributed by atoms with Crippen LogP contribution in [0, 0.1) is 11.3 Å². The molecular formula is C13H22N2O2. The second-order valence-corrected chi connectivity index (χ2v) is 6.42. The Labute approximate surface area is 102 Å². The molecule has 3 aliphatic rings. The molecule has 2 saturated carbocycles. The van der Waals surface area contributed by atoms with Gasteiger partial charge in [0, 0.05) is 31.0 Å². The average molecular weight is 238 g/mol. The molecule has 4 heteroatoms. The van der Waals surface area contributed by atoms with E-state index in [0.29, 0.717) is 6.04 Å². The molecule has 4 nitrogen and oxygen atoms in total. The molecule has 3 atom stereocenters. The van der Waals surface area contributed by atoms with E-state index in [2.05, 4.69) is 13.8 Å². The van der Waals surface area contributed by atoms with Gasteiger partial charge in [0.2, 0.25) is 5.91 Å². The van der Waals surface area contributed by atoms with Crippen molar-refractivity contribution in [3.05, 3.63) is 0 Å². The second-order valence-electron chi connectivity index (χ2n) is 6.42. The van der Waals surface area contributed by atoms with Gasteiger partial charge in [-0.15, -0.1) is 0 Å². The summed E-state index contributed by atoms with van der Waals surface area (Å²) in [5.41, 5.74) is 5.55. The van der Waals surface area contributed by atoms with Crippen LogP contribution in [0.1, 0.15) is 33.1 Å². The number of rotatable bonds is 2. The van der Waals surface area contributed by atoms with E-state index in [0.717, 1.165) is 25.9 Å². The maximum absolute atomic E-state index is 12.6. The van der Waals surface area contributed by atoms with Crippen LogP contribution in [0.3, 0.4) is 0 Å². The fourth-order valence-electron chi connectivity index (χ4n) is 3.74. The van der Waals surface area contributed by atoms with Gasteiger partial charge in [-0.3, -0.25) is 4.79 Å². The highest BCUT2D eigenvalue weighted by Crippen LogP contribution is 2.59. The molecule has 3 fully saturated rings. The van der Waals surface area contributed by atoms with Crippen LogP contribution in [0.25, 0.3) is 0 Å². The maximum Gasteiger partial charge on any atom is 0.243 e. The van der Waals surface area contributed by atoms with Gasteiger partial charge in [0.15, 0.2) is 0 Å². The summed E-state index contributed by atoms with van der Waals surface area (Å²) in [4.78, 5) is 14.5. The molecule has 0 spiro atoms. The van der Waals surface area contributed by atoms with Crippen LogP contribution in [-0.4, -0.2) is 42.1 Å². The molecule has 0 aromatic rings. The first-order chi connectivity index (χ1) is 7.90. The van der Waals surface area contributed by atoms with Crippen molar-refractivity contribution in [1.29, 1.82) is 0 Å². The van der Waals surface area contributed by atoms with Crippen molar-refractivity contribution in [2.24, 2.45) is 17.1 Å². The lowest BCUT2D eigenvalue weighted by Crippen LogP contribution is -2.80. The number of likely N-dealkylation sites (N-methyl/N-ethyl adjacent to an activating group) is 1. The minimum Gasteiger partial charge on any atom is -0.377 e. The third-order valence-corrected chi connectivity index (χ3v) is 5.22. The SMILES string of the molecule is CN(C(=O)C1(N)C2CCOC2C1(C)C)C1CC1. The highest BCUT2D eigenvalue weighted by molar-refractivity contribution is 5.90. The maximum atomic E-state index is 12.6. The van der Waals surface area contributed by atoms with E-state index in [1.165, 1.54) is 0 Å². The third-order valence-electron chi connectivity index (χ3n) is 5.22. The zero-order valence-electron chi connectivity index (χ0n) is 10.9. The van der Waals surface area contributed by atoms with Crippen molar-refractivity contribution >= 4 is 5.91 Å². The van der Waals surface area contributed by atoms with Crippen LogP contribution in [0.4, 0.5) is 0 Å². The molecule has 2 N–H and O–H groups in total. The number of hydrogen-bond donors (Lipinski definition) is 1. The number of hydrogen-bond acceptors (Lipinski definition) is 3. The van der Waals surface area contributed by atoms with E-state index in [9.17, 15) is 4.79 Å². The van der Waals surface area contributed by atoms with Gasteiger partial charge in [0.05, 0.1) is 6.10 Å². The quantitative estimate of drug-likeness (QED) is 0.772. The zero-order valence-corrected chi connectivity index (χ0v) is 10.9. The molecule has 96 valence electrons. The summed E-state index contributed by atoms with van der Waals surface area (Å²) in [6.45, 7) is 4.88. The van der Waals surface area contributed by atoms with Crippen molar-refractivity contribution in [3.8, 4) is 0 Å². The number of ether oxygens (including phenoxy) is 1. The number of carbonyl (C=O) groups is 1. The molecule has 0 aromatic carbocycles. The van der Waals surface area contributed by atoms with Crippen LogP contribution in [0.2, 0.25) is 0 Å². The lowest BCUT2D eigenvalue weighted by molar-refractivity contribution is -0.183. The molecular weight excluding hydrogens is 216 g/mol. The molecule has 2 aliphatic carbocycles. The highest BCUT2D eigenvalue weighted by atomic mass is 16.5. The van der Waals surface area contributed by atoms with Crippen molar-refractivity contribution < 1.29 is 9.53 Å². The van der Waals surface area contributed by atoms with Gasteiger partial charge in [-0.2, -0.15) is 0 Å². The standard InChI is InChI=1S/C13H22N2O2/c1-12(2)10-9(6-7-17-10)13(12,14)11(16)15(3)8-4-5-8/h8-10H,4-7,14H2,1-3H3. The molecule has 1 saturated heterocycles. The lowest BCUT2D eigenvalue weighted by atomic mass is 9.47. The van der Waals surface area contributed by atoms with Gasteiger partial charge in [-0.05, 0) is 19.3 Å². The van der Waals surface area contributed by atoms with E-state index >= 15 is 0 Å². The van der Waals surface area contributed by atoms with Gasteiger partial charge < -0.3 is 15.4 Å². The predicted molar refractivity (Wildman–Crippen MR) is 64.3 cm³/mol. The molecule has 17 heavy (non-hydrogen) atoms. The van der Waals surface area contributed by atoms with Gasteiger partial charge in [-0.1, -0.05) is 13.8 Å². The van der Waals surface area contributed by atoms with Crippen molar-refractivity contribution in [2.75, 3.05) is 13.7 Å². The van der Waals surface area contributed by atoms with E-state index in [1.54, 1.807) is 0 Å². The van der Waals surface area contributed by atoms with E-state index in [1.807, 2.05) is 11.9 Å². The Hall–Kier alpha value is -0.610. The third kappa shape index (κ3) is 1.23. The average Bonchev–Trinajstić information content (AvgIpc) is 3.03. The minimum atomic E-state index is -0.717. The van der Waals surface area contributed by atoms with Gasteiger partial charge in [0.25, 0.3) is 0 Å². The van der Waals surface area contributed by atoms with Gasteiger partial charge in [-0.25, -0.2) is 0 Å². The number of carbonyl (C=O) groups excluding carboxylic acids is 1. The molecule has 1 heterocycles. The van der Waals surface area contributed by atoms with Gasteiger partial charge >= 0.3 is 0 Å². The number of nitrogens with zero attached hydrogens (tertiary/aromatic N) is 1. The summed E-state index contributed by atoms with van der Waals surface area (Å²) in [6, 6.07) is 0.431. The topological polar surface area (TPSA) is 55.6 Å². The predicted octanol–water partition coefficient (Wildman–Crippen LogP) is 0.750. The van der Waals surface area contributed by atoms with Crippen molar-refractivity contribution in [1.82, 2.24) is 4.90 Å². The zero-order chi connectivity index (χ0) is 12.4. The Morgan fingerprint density at radius 3 is 2.59 bits per heavy atom. The summed E-state index contributed by atoms with van der Waals surface area (Å²) in [6.07, 6.45) is 3.35. The first-order valence-electron chi connectivity index (χ1n) is 6.58. The molecule has 0 aromatic heterocycles. The van der Waals surface area contributed by atoms with Crippen LogP contribution >= 0.6 is 0 Å². The van der Waals surface area contributed by atoms with E-state index in [-0.39, 0.29) is 23.3 Å².